The van der Waals surface area contributed by atoms with Crippen LogP contribution in [0.25, 0.3) is 5.65 Å². The molecule has 1 N–H and O–H groups in total. The minimum atomic E-state index is -0.240. The maximum absolute atomic E-state index is 12.0. The molecule has 0 spiro atoms. The van der Waals surface area contributed by atoms with Gasteiger partial charge in [-0.3, -0.25) is 4.79 Å². The summed E-state index contributed by atoms with van der Waals surface area (Å²) in [6, 6.07) is 10.8. The molecule has 100 valence electrons. The summed E-state index contributed by atoms with van der Waals surface area (Å²) >= 11 is 5.89. The number of hydrogen-bond donors (Lipinski definition) is 1. The monoisotopic (exact) mass is 286 g/mol. The smallest absolute Gasteiger partial charge is 0.272 e. The van der Waals surface area contributed by atoms with Gasteiger partial charge in [0.2, 0.25) is 0 Å². The lowest BCUT2D eigenvalue weighted by molar-refractivity contribution is 0.0945. The first-order chi connectivity index (χ1) is 9.72. The fourth-order valence-electron chi connectivity index (χ4n) is 1.86. The molecule has 1 amide bonds. The number of hydrogen-bond acceptors (Lipinski definition) is 3. The van der Waals surface area contributed by atoms with Crippen molar-refractivity contribution in [2.75, 3.05) is 0 Å². The minimum absolute atomic E-state index is 0.240. The molecule has 0 aliphatic heterocycles. The number of nitrogens with one attached hydrogen (secondary N) is 1. The van der Waals surface area contributed by atoms with E-state index < -0.39 is 0 Å². The van der Waals surface area contributed by atoms with Crippen molar-refractivity contribution in [1.82, 2.24) is 19.9 Å². The molecule has 6 heteroatoms. The molecule has 2 aromatic heterocycles. The molecular formula is C14H11ClN4O. The summed E-state index contributed by atoms with van der Waals surface area (Å²) in [6.07, 6.45) is 3.40. The zero-order chi connectivity index (χ0) is 13.9. The lowest BCUT2D eigenvalue weighted by Gasteiger charge is -2.03. The first-order valence-electron chi connectivity index (χ1n) is 6.05. The van der Waals surface area contributed by atoms with E-state index in [4.69, 9.17) is 11.6 Å². The van der Waals surface area contributed by atoms with Gasteiger partial charge in [0.25, 0.3) is 5.91 Å². The number of benzene rings is 1. The highest BCUT2D eigenvalue weighted by Gasteiger charge is 2.10. The second-order valence-corrected chi connectivity index (χ2v) is 4.70. The lowest BCUT2D eigenvalue weighted by Crippen LogP contribution is -2.23. The average Bonchev–Trinajstić information content (AvgIpc) is 2.89. The van der Waals surface area contributed by atoms with Gasteiger partial charge in [-0.05, 0) is 23.8 Å². The molecule has 2 heterocycles. The van der Waals surface area contributed by atoms with Gasteiger partial charge >= 0.3 is 0 Å². The fraction of sp³-hybridized carbons (Fsp3) is 0.0714. The molecule has 3 rings (SSSR count). The summed E-state index contributed by atoms with van der Waals surface area (Å²) in [7, 11) is 0. The molecule has 0 unspecified atom stereocenters. The topological polar surface area (TPSA) is 59.3 Å². The molecule has 0 aliphatic carbocycles. The zero-order valence-corrected chi connectivity index (χ0v) is 11.2. The van der Waals surface area contributed by atoms with Crippen LogP contribution in [-0.4, -0.2) is 20.5 Å². The van der Waals surface area contributed by atoms with Crippen LogP contribution < -0.4 is 5.32 Å². The van der Waals surface area contributed by atoms with Crippen molar-refractivity contribution < 1.29 is 4.79 Å². The minimum Gasteiger partial charge on any atom is -0.347 e. The Morgan fingerprint density at radius 3 is 3.00 bits per heavy atom. The molecule has 3 aromatic rings. The molecule has 1 aromatic carbocycles. The van der Waals surface area contributed by atoms with Crippen molar-refractivity contribution in [3.8, 4) is 0 Å². The average molecular weight is 287 g/mol. The second-order valence-electron chi connectivity index (χ2n) is 4.26. The van der Waals surface area contributed by atoms with Crippen molar-refractivity contribution in [3.05, 3.63) is 65.1 Å². The van der Waals surface area contributed by atoms with E-state index in [0.717, 1.165) is 5.56 Å². The van der Waals surface area contributed by atoms with E-state index in [-0.39, 0.29) is 5.91 Å². The molecule has 0 fully saturated rings. The normalized spacial score (nSPS) is 10.7. The molecule has 0 atom stereocenters. The van der Waals surface area contributed by atoms with Crippen molar-refractivity contribution in [2.24, 2.45) is 0 Å². The second kappa shape index (κ2) is 5.30. The number of rotatable bonds is 3. The molecular weight excluding hydrogens is 276 g/mol. The third kappa shape index (κ3) is 2.62. The highest BCUT2D eigenvalue weighted by Crippen LogP contribution is 2.10. The SMILES string of the molecule is O=C(NCc1cccc(Cl)c1)c1cc2ncccn2n1. The summed E-state index contributed by atoms with van der Waals surface area (Å²) < 4.78 is 1.56. The predicted octanol–water partition coefficient (Wildman–Crippen LogP) is 2.31. The molecule has 0 aliphatic rings. The fourth-order valence-corrected chi connectivity index (χ4v) is 2.07. The Labute approximate surface area is 120 Å². The van der Waals surface area contributed by atoms with Crippen LogP contribution in [-0.2, 0) is 6.54 Å². The third-order valence-corrected chi connectivity index (χ3v) is 3.05. The largest absolute Gasteiger partial charge is 0.347 e. The van der Waals surface area contributed by atoms with Gasteiger partial charge in [-0.2, -0.15) is 5.10 Å². The maximum Gasteiger partial charge on any atom is 0.272 e. The number of aromatic nitrogens is 3. The summed E-state index contributed by atoms with van der Waals surface area (Å²) in [5.41, 5.74) is 1.92. The number of nitrogens with zero attached hydrogens (tertiary/aromatic N) is 3. The van der Waals surface area contributed by atoms with E-state index in [1.165, 1.54) is 0 Å². The van der Waals surface area contributed by atoms with Crippen LogP contribution in [0.2, 0.25) is 5.02 Å². The Hall–Kier alpha value is -2.40. The Balaban J connectivity index is 1.73. The molecule has 0 bridgehead atoms. The molecule has 0 saturated heterocycles. The van der Waals surface area contributed by atoms with Gasteiger partial charge in [0, 0.05) is 30.0 Å². The number of carbonyl (C=O) groups is 1. The van der Waals surface area contributed by atoms with E-state index >= 15 is 0 Å². The van der Waals surface area contributed by atoms with Gasteiger partial charge in [-0.15, -0.1) is 0 Å². The summed E-state index contributed by atoms with van der Waals surface area (Å²) in [6.45, 7) is 0.403. The van der Waals surface area contributed by atoms with Gasteiger partial charge in [0.15, 0.2) is 11.3 Å². The van der Waals surface area contributed by atoms with E-state index in [2.05, 4.69) is 15.4 Å². The zero-order valence-electron chi connectivity index (χ0n) is 10.5. The molecule has 20 heavy (non-hydrogen) atoms. The Bertz CT molecular complexity index is 735. The quantitative estimate of drug-likeness (QED) is 0.804. The van der Waals surface area contributed by atoms with Crippen LogP contribution in [0.4, 0.5) is 0 Å². The highest BCUT2D eigenvalue weighted by molar-refractivity contribution is 6.30. The van der Waals surface area contributed by atoms with Crippen LogP contribution >= 0.6 is 11.6 Å². The van der Waals surface area contributed by atoms with E-state index in [1.807, 2.05) is 18.2 Å². The van der Waals surface area contributed by atoms with Gasteiger partial charge < -0.3 is 5.32 Å². The van der Waals surface area contributed by atoms with E-state index in [0.29, 0.717) is 22.9 Å². The first-order valence-corrected chi connectivity index (χ1v) is 6.43. The highest BCUT2D eigenvalue weighted by atomic mass is 35.5. The Kier molecular flexibility index (Phi) is 3.35. The summed E-state index contributed by atoms with van der Waals surface area (Å²) in [5, 5.41) is 7.61. The first kappa shape index (κ1) is 12.6. The molecule has 0 saturated carbocycles. The number of halogens is 1. The van der Waals surface area contributed by atoms with Crippen molar-refractivity contribution in [2.45, 2.75) is 6.54 Å². The Morgan fingerprint density at radius 1 is 1.30 bits per heavy atom. The third-order valence-electron chi connectivity index (χ3n) is 2.81. The molecule has 0 radical (unpaired) electrons. The maximum atomic E-state index is 12.0. The van der Waals surface area contributed by atoms with Crippen molar-refractivity contribution in [1.29, 1.82) is 0 Å². The van der Waals surface area contributed by atoms with E-state index in [9.17, 15) is 4.79 Å². The van der Waals surface area contributed by atoms with Crippen molar-refractivity contribution >= 4 is 23.2 Å². The Morgan fingerprint density at radius 2 is 2.20 bits per heavy atom. The van der Waals surface area contributed by atoms with Gasteiger partial charge in [-0.1, -0.05) is 23.7 Å². The number of fused-ring (bicyclic) bond motifs is 1. The lowest BCUT2D eigenvalue weighted by atomic mass is 10.2. The van der Waals surface area contributed by atoms with Crippen LogP contribution in [0, 0.1) is 0 Å². The van der Waals surface area contributed by atoms with Gasteiger partial charge in [0.05, 0.1) is 0 Å². The van der Waals surface area contributed by atoms with Gasteiger partial charge in [-0.25, -0.2) is 9.50 Å². The molecule has 5 nitrogen and oxygen atoms in total. The number of carbonyl (C=O) groups excluding carboxylic acids is 1. The summed E-state index contributed by atoms with van der Waals surface area (Å²) in [5.74, 6) is -0.240. The van der Waals surface area contributed by atoms with Crippen LogP contribution in [0.5, 0.6) is 0 Å². The van der Waals surface area contributed by atoms with Crippen molar-refractivity contribution in [3.63, 3.8) is 0 Å². The van der Waals surface area contributed by atoms with Crippen LogP contribution in [0.1, 0.15) is 16.1 Å². The standard InChI is InChI=1S/C14H11ClN4O/c15-11-4-1-3-10(7-11)9-17-14(20)12-8-13-16-5-2-6-19(13)18-12/h1-8H,9H2,(H,17,20). The van der Waals surface area contributed by atoms with Crippen LogP contribution in [0.3, 0.4) is 0 Å². The van der Waals surface area contributed by atoms with Crippen LogP contribution in [0.15, 0.2) is 48.8 Å². The predicted molar refractivity (Wildman–Crippen MR) is 75.6 cm³/mol. The summed E-state index contributed by atoms with van der Waals surface area (Å²) in [4.78, 5) is 16.1. The van der Waals surface area contributed by atoms with E-state index in [1.54, 1.807) is 35.1 Å². The number of amides is 1. The van der Waals surface area contributed by atoms with Gasteiger partial charge in [0.1, 0.15) is 0 Å².